The standard InChI is InChI=1S/C21H31N3O3/c1-16-19(8-14-27-16)21(26)23-12-6-18(7-13-23)24-11-4-5-17(15-24)20(25)22-9-2-3-10-22/h8,14,17-18H,2-7,9-13,15H2,1H3. The van der Waals surface area contributed by atoms with Crippen molar-refractivity contribution in [3.05, 3.63) is 23.7 Å². The van der Waals surface area contributed by atoms with Crippen LogP contribution in [0.15, 0.2) is 16.7 Å². The van der Waals surface area contributed by atoms with Crippen LogP contribution in [0.25, 0.3) is 0 Å². The zero-order valence-corrected chi connectivity index (χ0v) is 16.4. The van der Waals surface area contributed by atoms with Gasteiger partial charge >= 0.3 is 0 Å². The summed E-state index contributed by atoms with van der Waals surface area (Å²) in [6.07, 6.45) is 8.03. The van der Waals surface area contributed by atoms with Crippen LogP contribution in [0.2, 0.25) is 0 Å². The molecular formula is C21H31N3O3. The molecule has 4 rings (SSSR count). The molecule has 0 spiro atoms. The Morgan fingerprint density at radius 2 is 1.70 bits per heavy atom. The van der Waals surface area contributed by atoms with Crippen molar-refractivity contribution in [3.8, 4) is 0 Å². The van der Waals surface area contributed by atoms with Gasteiger partial charge in [0.25, 0.3) is 5.91 Å². The molecule has 1 unspecified atom stereocenters. The maximum Gasteiger partial charge on any atom is 0.257 e. The molecule has 1 aromatic rings. The normalized spacial score (nSPS) is 25.1. The van der Waals surface area contributed by atoms with Crippen LogP contribution in [0.5, 0.6) is 0 Å². The van der Waals surface area contributed by atoms with Crippen molar-refractivity contribution >= 4 is 11.8 Å². The number of furan rings is 1. The molecule has 0 aromatic carbocycles. The van der Waals surface area contributed by atoms with Gasteiger partial charge in [-0.15, -0.1) is 0 Å². The lowest BCUT2D eigenvalue weighted by Gasteiger charge is -2.42. The van der Waals surface area contributed by atoms with Crippen molar-refractivity contribution in [2.45, 2.75) is 51.5 Å². The van der Waals surface area contributed by atoms with Gasteiger partial charge in [-0.2, -0.15) is 0 Å². The first-order valence-corrected chi connectivity index (χ1v) is 10.5. The van der Waals surface area contributed by atoms with Crippen LogP contribution in [0, 0.1) is 12.8 Å². The van der Waals surface area contributed by atoms with Crippen LogP contribution in [0.1, 0.15) is 54.6 Å². The van der Waals surface area contributed by atoms with Gasteiger partial charge < -0.3 is 14.2 Å². The summed E-state index contributed by atoms with van der Waals surface area (Å²) in [5.74, 6) is 1.33. The quantitative estimate of drug-likeness (QED) is 0.817. The highest BCUT2D eigenvalue weighted by Gasteiger charge is 2.35. The molecular weight excluding hydrogens is 342 g/mol. The summed E-state index contributed by atoms with van der Waals surface area (Å²) in [6, 6.07) is 2.26. The highest BCUT2D eigenvalue weighted by molar-refractivity contribution is 5.95. The fourth-order valence-corrected chi connectivity index (χ4v) is 4.95. The van der Waals surface area contributed by atoms with E-state index in [1.54, 1.807) is 12.3 Å². The van der Waals surface area contributed by atoms with Gasteiger partial charge in [-0.05, 0) is 58.1 Å². The van der Waals surface area contributed by atoms with Crippen molar-refractivity contribution in [1.29, 1.82) is 0 Å². The van der Waals surface area contributed by atoms with Crippen LogP contribution in [0.4, 0.5) is 0 Å². The Labute approximate surface area is 161 Å². The predicted molar refractivity (Wildman–Crippen MR) is 102 cm³/mol. The van der Waals surface area contributed by atoms with E-state index < -0.39 is 0 Å². The lowest BCUT2D eigenvalue weighted by atomic mass is 9.92. The fourth-order valence-electron chi connectivity index (χ4n) is 4.95. The van der Waals surface area contributed by atoms with Crippen molar-refractivity contribution in [1.82, 2.24) is 14.7 Å². The minimum atomic E-state index is 0.0837. The molecule has 6 nitrogen and oxygen atoms in total. The van der Waals surface area contributed by atoms with E-state index in [-0.39, 0.29) is 11.8 Å². The molecule has 6 heteroatoms. The number of aryl methyl sites for hydroxylation is 1. The van der Waals surface area contributed by atoms with Crippen LogP contribution >= 0.6 is 0 Å². The number of piperidine rings is 2. The maximum absolute atomic E-state index is 12.8. The molecule has 3 fully saturated rings. The van der Waals surface area contributed by atoms with E-state index in [1.165, 1.54) is 0 Å². The van der Waals surface area contributed by atoms with E-state index in [0.717, 1.165) is 77.8 Å². The second-order valence-electron chi connectivity index (χ2n) is 8.28. The monoisotopic (exact) mass is 373 g/mol. The highest BCUT2D eigenvalue weighted by atomic mass is 16.3. The van der Waals surface area contributed by atoms with Crippen LogP contribution in [0.3, 0.4) is 0 Å². The number of rotatable bonds is 3. The first-order valence-electron chi connectivity index (χ1n) is 10.5. The van der Waals surface area contributed by atoms with Gasteiger partial charge in [0.1, 0.15) is 5.76 Å². The third kappa shape index (κ3) is 3.91. The van der Waals surface area contributed by atoms with Gasteiger partial charge in [-0.25, -0.2) is 0 Å². The zero-order valence-electron chi connectivity index (χ0n) is 16.4. The molecule has 0 bridgehead atoms. The molecule has 0 aliphatic carbocycles. The van der Waals surface area contributed by atoms with E-state index in [0.29, 0.717) is 23.3 Å². The van der Waals surface area contributed by atoms with Crippen molar-refractivity contribution in [2.24, 2.45) is 5.92 Å². The molecule has 2 amide bonds. The number of carbonyl (C=O) groups is 2. The third-order valence-corrected chi connectivity index (χ3v) is 6.58. The molecule has 3 aliphatic rings. The van der Waals surface area contributed by atoms with Crippen molar-refractivity contribution in [2.75, 3.05) is 39.3 Å². The number of nitrogens with zero attached hydrogens (tertiary/aromatic N) is 3. The first-order chi connectivity index (χ1) is 13.1. The summed E-state index contributed by atoms with van der Waals surface area (Å²) in [5, 5.41) is 0. The van der Waals surface area contributed by atoms with E-state index in [9.17, 15) is 9.59 Å². The largest absolute Gasteiger partial charge is 0.469 e. The Bertz CT molecular complexity index is 672. The summed E-state index contributed by atoms with van der Waals surface area (Å²) < 4.78 is 5.28. The maximum atomic E-state index is 12.8. The lowest BCUT2D eigenvalue weighted by molar-refractivity contribution is -0.136. The smallest absolute Gasteiger partial charge is 0.257 e. The molecule has 1 aromatic heterocycles. The number of carbonyl (C=O) groups excluding carboxylic acids is 2. The van der Waals surface area contributed by atoms with E-state index in [1.807, 2.05) is 11.8 Å². The fraction of sp³-hybridized carbons (Fsp3) is 0.714. The Balaban J connectivity index is 1.30. The van der Waals surface area contributed by atoms with E-state index in [2.05, 4.69) is 9.80 Å². The zero-order chi connectivity index (χ0) is 18.8. The topological polar surface area (TPSA) is 57.0 Å². The van der Waals surface area contributed by atoms with Crippen molar-refractivity contribution < 1.29 is 14.0 Å². The summed E-state index contributed by atoms with van der Waals surface area (Å²) in [5.41, 5.74) is 0.683. The number of likely N-dealkylation sites (tertiary alicyclic amines) is 3. The van der Waals surface area contributed by atoms with Gasteiger partial charge in [-0.1, -0.05) is 0 Å². The van der Waals surface area contributed by atoms with Gasteiger partial charge in [0.15, 0.2) is 0 Å². The minimum Gasteiger partial charge on any atom is -0.469 e. The molecule has 27 heavy (non-hydrogen) atoms. The second-order valence-corrected chi connectivity index (χ2v) is 8.28. The Morgan fingerprint density at radius 3 is 2.37 bits per heavy atom. The number of hydrogen-bond acceptors (Lipinski definition) is 4. The van der Waals surface area contributed by atoms with E-state index in [4.69, 9.17) is 4.42 Å². The first kappa shape index (κ1) is 18.5. The Morgan fingerprint density at radius 1 is 0.963 bits per heavy atom. The molecule has 0 saturated carbocycles. The van der Waals surface area contributed by atoms with Gasteiger partial charge in [0, 0.05) is 38.8 Å². The van der Waals surface area contributed by atoms with Crippen molar-refractivity contribution in [3.63, 3.8) is 0 Å². The Hall–Kier alpha value is -1.82. The molecule has 4 heterocycles. The highest BCUT2D eigenvalue weighted by Crippen LogP contribution is 2.27. The molecule has 0 radical (unpaired) electrons. The van der Waals surface area contributed by atoms with Gasteiger partial charge in [0.2, 0.25) is 5.91 Å². The SMILES string of the molecule is Cc1occc1C(=O)N1CCC(N2CCCC(C(=O)N3CCCC3)C2)CC1. The molecule has 0 N–H and O–H groups in total. The van der Waals surface area contributed by atoms with Crippen LogP contribution in [-0.2, 0) is 4.79 Å². The Kier molecular flexibility index (Phi) is 5.53. The third-order valence-electron chi connectivity index (χ3n) is 6.58. The number of hydrogen-bond donors (Lipinski definition) is 0. The average molecular weight is 373 g/mol. The van der Waals surface area contributed by atoms with Crippen LogP contribution < -0.4 is 0 Å². The summed E-state index contributed by atoms with van der Waals surface area (Å²) in [4.78, 5) is 32.0. The summed E-state index contributed by atoms with van der Waals surface area (Å²) in [7, 11) is 0. The summed E-state index contributed by atoms with van der Waals surface area (Å²) in [6.45, 7) is 7.29. The molecule has 148 valence electrons. The van der Waals surface area contributed by atoms with Gasteiger partial charge in [0.05, 0.1) is 17.7 Å². The number of amides is 2. The predicted octanol–water partition coefficient (Wildman–Crippen LogP) is 2.53. The molecule has 3 saturated heterocycles. The molecule has 3 aliphatic heterocycles. The van der Waals surface area contributed by atoms with E-state index >= 15 is 0 Å². The lowest BCUT2D eigenvalue weighted by Crippen LogP contribution is -2.51. The molecule has 1 atom stereocenters. The second kappa shape index (κ2) is 8.05. The minimum absolute atomic E-state index is 0.0837. The summed E-state index contributed by atoms with van der Waals surface area (Å²) >= 11 is 0. The van der Waals surface area contributed by atoms with Crippen LogP contribution in [-0.4, -0.2) is 71.8 Å². The van der Waals surface area contributed by atoms with Gasteiger partial charge in [-0.3, -0.25) is 14.5 Å². The average Bonchev–Trinajstić information content (AvgIpc) is 3.39.